The van der Waals surface area contributed by atoms with Crippen molar-refractivity contribution in [2.75, 3.05) is 5.32 Å². The molecular formula is C16H12FNO3. The number of ketones is 1. The number of carbonyl (C=O) groups excluding carboxylic acids is 2. The summed E-state index contributed by atoms with van der Waals surface area (Å²) < 4.78 is 13.4. The van der Waals surface area contributed by atoms with E-state index < -0.39 is 23.7 Å². The third-order valence-electron chi connectivity index (χ3n) is 3.56. The van der Waals surface area contributed by atoms with Crippen molar-refractivity contribution in [1.82, 2.24) is 0 Å². The molecule has 4 nitrogen and oxygen atoms in total. The first-order valence-electron chi connectivity index (χ1n) is 6.43. The normalized spacial score (nSPS) is 20.0. The Morgan fingerprint density at radius 3 is 2.62 bits per heavy atom. The molecule has 2 N–H and O–H groups in total. The number of aliphatic hydroxyl groups is 1. The molecule has 1 aliphatic rings. The minimum atomic E-state index is -2.04. The summed E-state index contributed by atoms with van der Waals surface area (Å²) in [7, 11) is 0. The van der Waals surface area contributed by atoms with Gasteiger partial charge >= 0.3 is 0 Å². The smallest absolute Gasteiger partial charge is 0.261 e. The first kappa shape index (κ1) is 13.5. The van der Waals surface area contributed by atoms with Crippen LogP contribution in [0.1, 0.15) is 22.3 Å². The highest BCUT2D eigenvalue weighted by molar-refractivity contribution is 6.09. The van der Waals surface area contributed by atoms with Crippen LogP contribution < -0.4 is 5.32 Å². The summed E-state index contributed by atoms with van der Waals surface area (Å²) in [5.41, 5.74) is -1.23. The Morgan fingerprint density at radius 2 is 1.90 bits per heavy atom. The molecule has 1 aliphatic heterocycles. The van der Waals surface area contributed by atoms with E-state index in [1.54, 1.807) is 30.3 Å². The van der Waals surface area contributed by atoms with Gasteiger partial charge < -0.3 is 10.4 Å². The lowest BCUT2D eigenvalue weighted by Crippen LogP contribution is -2.36. The van der Waals surface area contributed by atoms with Crippen molar-refractivity contribution in [2.45, 2.75) is 12.0 Å². The van der Waals surface area contributed by atoms with Crippen LogP contribution in [0.2, 0.25) is 0 Å². The number of rotatable bonds is 3. The fourth-order valence-electron chi connectivity index (χ4n) is 2.45. The van der Waals surface area contributed by atoms with Gasteiger partial charge in [0.25, 0.3) is 5.91 Å². The Balaban J connectivity index is 1.97. The van der Waals surface area contributed by atoms with Gasteiger partial charge in [0.2, 0.25) is 0 Å². The predicted octanol–water partition coefficient (Wildman–Crippen LogP) is 2.24. The maximum atomic E-state index is 13.4. The molecular weight excluding hydrogens is 273 g/mol. The number of nitrogens with one attached hydrogen (secondary N) is 1. The van der Waals surface area contributed by atoms with Crippen LogP contribution >= 0.6 is 0 Å². The molecule has 5 heteroatoms. The van der Waals surface area contributed by atoms with Crippen molar-refractivity contribution in [3.8, 4) is 0 Å². The minimum absolute atomic E-state index is 0.0942. The summed E-state index contributed by atoms with van der Waals surface area (Å²) in [6.07, 6.45) is -0.431. The van der Waals surface area contributed by atoms with Gasteiger partial charge in [-0.15, -0.1) is 0 Å². The third-order valence-corrected chi connectivity index (χ3v) is 3.56. The molecule has 0 aromatic heterocycles. The molecule has 1 heterocycles. The molecule has 1 atom stereocenters. The average molecular weight is 285 g/mol. The molecule has 2 aromatic rings. The fourth-order valence-corrected chi connectivity index (χ4v) is 2.45. The Labute approximate surface area is 120 Å². The van der Waals surface area contributed by atoms with Gasteiger partial charge in [-0.3, -0.25) is 9.59 Å². The number of hydrogen-bond acceptors (Lipinski definition) is 3. The standard InChI is InChI=1S/C16H12FNO3/c17-11-6-7-13-12(8-11)16(21,15(20)18-13)9-14(19)10-4-2-1-3-5-10/h1-8,21H,9H2,(H,18,20)/t16-/m0/s1. The zero-order chi connectivity index (χ0) is 15.0. The molecule has 0 unspecified atom stereocenters. The van der Waals surface area contributed by atoms with Gasteiger partial charge in [0.1, 0.15) is 5.82 Å². The summed E-state index contributed by atoms with van der Waals surface area (Å²) in [6.45, 7) is 0. The number of Topliss-reactive ketones (excluding diaryl/α,β-unsaturated/α-hetero) is 1. The number of carbonyl (C=O) groups is 2. The van der Waals surface area contributed by atoms with E-state index in [0.717, 1.165) is 6.07 Å². The average Bonchev–Trinajstić information content (AvgIpc) is 2.72. The molecule has 1 amide bonds. The van der Waals surface area contributed by atoms with Crippen LogP contribution in [-0.4, -0.2) is 16.8 Å². The number of halogens is 1. The molecule has 3 rings (SSSR count). The fraction of sp³-hybridized carbons (Fsp3) is 0.125. The van der Waals surface area contributed by atoms with E-state index in [-0.39, 0.29) is 11.3 Å². The van der Waals surface area contributed by atoms with E-state index in [2.05, 4.69) is 5.32 Å². The molecule has 2 aromatic carbocycles. The van der Waals surface area contributed by atoms with Crippen molar-refractivity contribution in [1.29, 1.82) is 0 Å². The van der Waals surface area contributed by atoms with E-state index in [0.29, 0.717) is 11.3 Å². The van der Waals surface area contributed by atoms with Crippen LogP contribution in [0.3, 0.4) is 0 Å². The van der Waals surface area contributed by atoms with E-state index in [4.69, 9.17) is 0 Å². The topological polar surface area (TPSA) is 66.4 Å². The van der Waals surface area contributed by atoms with E-state index in [9.17, 15) is 19.1 Å². The minimum Gasteiger partial charge on any atom is -0.375 e. The van der Waals surface area contributed by atoms with E-state index in [1.807, 2.05) is 0 Å². The highest BCUT2D eigenvalue weighted by Gasteiger charge is 2.47. The van der Waals surface area contributed by atoms with Crippen molar-refractivity contribution in [2.24, 2.45) is 0 Å². The van der Waals surface area contributed by atoms with Gasteiger partial charge in [0, 0.05) is 16.8 Å². The molecule has 0 spiro atoms. The first-order valence-corrected chi connectivity index (χ1v) is 6.43. The molecule has 106 valence electrons. The molecule has 21 heavy (non-hydrogen) atoms. The van der Waals surface area contributed by atoms with Gasteiger partial charge in [-0.2, -0.15) is 0 Å². The maximum absolute atomic E-state index is 13.4. The van der Waals surface area contributed by atoms with Gasteiger partial charge in [0.05, 0.1) is 6.42 Å². The summed E-state index contributed by atoms with van der Waals surface area (Å²) in [4.78, 5) is 24.2. The summed E-state index contributed by atoms with van der Waals surface area (Å²) in [5, 5.41) is 13.0. The van der Waals surface area contributed by atoms with Crippen molar-refractivity contribution >= 4 is 17.4 Å². The van der Waals surface area contributed by atoms with Crippen molar-refractivity contribution in [3.05, 3.63) is 65.5 Å². The second-order valence-corrected chi connectivity index (χ2v) is 4.97. The molecule has 0 aliphatic carbocycles. The first-order chi connectivity index (χ1) is 10.0. The molecule has 0 saturated carbocycles. The monoisotopic (exact) mass is 285 g/mol. The number of benzene rings is 2. The molecule has 0 radical (unpaired) electrons. The second kappa shape index (κ2) is 4.79. The highest BCUT2D eigenvalue weighted by atomic mass is 19.1. The van der Waals surface area contributed by atoms with Crippen LogP contribution in [0.15, 0.2) is 48.5 Å². The Hall–Kier alpha value is -2.53. The molecule has 0 saturated heterocycles. The van der Waals surface area contributed by atoms with E-state index >= 15 is 0 Å². The van der Waals surface area contributed by atoms with Crippen LogP contribution in [0.4, 0.5) is 10.1 Å². The Morgan fingerprint density at radius 1 is 1.19 bits per heavy atom. The van der Waals surface area contributed by atoms with Crippen LogP contribution in [0.5, 0.6) is 0 Å². The van der Waals surface area contributed by atoms with Gasteiger partial charge in [0.15, 0.2) is 11.4 Å². The van der Waals surface area contributed by atoms with Gasteiger partial charge in [-0.05, 0) is 18.2 Å². The SMILES string of the molecule is O=C(C[C@@]1(O)C(=O)Nc2ccc(F)cc21)c1ccccc1. The third kappa shape index (κ3) is 2.21. The van der Waals surface area contributed by atoms with Gasteiger partial charge in [-0.1, -0.05) is 30.3 Å². The van der Waals surface area contributed by atoms with Crippen LogP contribution in [0.25, 0.3) is 0 Å². The lowest BCUT2D eigenvalue weighted by Gasteiger charge is -2.20. The van der Waals surface area contributed by atoms with Gasteiger partial charge in [-0.25, -0.2) is 4.39 Å². The van der Waals surface area contributed by atoms with Crippen LogP contribution in [0, 0.1) is 5.82 Å². The Bertz CT molecular complexity index is 730. The maximum Gasteiger partial charge on any atom is 0.261 e. The molecule has 0 bridgehead atoms. The Kier molecular flexibility index (Phi) is 3.07. The number of fused-ring (bicyclic) bond motifs is 1. The van der Waals surface area contributed by atoms with Crippen molar-refractivity contribution in [3.63, 3.8) is 0 Å². The molecule has 0 fully saturated rings. The summed E-state index contributed by atoms with van der Waals surface area (Å²) in [5.74, 6) is -1.67. The number of anilines is 1. The zero-order valence-electron chi connectivity index (χ0n) is 11.0. The summed E-state index contributed by atoms with van der Waals surface area (Å²) >= 11 is 0. The van der Waals surface area contributed by atoms with Crippen LogP contribution in [-0.2, 0) is 10.4 Å². The number of amides is 1. The zero-order valence-corrected chi connectivity index (χ0v) is 11.0. The van der Waals surface area contributed by atoms with E-state index in [1.165, 1.54) is 12.1 Å². The quantitative estimate of drug-likeness (QED) is 0.850. The lowest BCUT2D eigenvalue weighted by atomic mass is 9.88. The largest absolute Gasteiger partial charge is 0.375 e. The second-order valence-electron chi connectivity index (χ2n) is 4.97. The predicted molar refractivity (Wildman–Crippen MR) is 74.3 cm³/mol. The highest BCUT2D eigenvalue weighted by Crippen LogP contribution is 2.39. The summed E-state index contributed by atoms with van der Waals surface area (Å²) in [6, 6.07) is 12.0. The van der Waals surface area contributed by atoms with Crippen molar-refractivity contribution < 1.29 is 19.1 Å². The lowest BCUT2D eigenvalue weighted by molar-refractivity contribution is -0.133. The number of hydrogen-bond donors (Lipinski definition) is 2.